The smallest absolute Gasteiger partial charge is 0.170 e. The van der Waals surface area contributed by atoms with Crippen molar-refractivity contribution in [2.45, 2.75) is 0 Å². The monoisotopic (exact) mass is 282 g/mol. The van der Waals surface area contributed by atoms with Crippen LogP contribution in [0.5, 0.6) is 11.5 Å². The van der Waals surface area contributed by atoms with E-state index in [0.717, 1.165) is 11.1 Å². The van der Waals surface area contributed by atoms with Gasteiger partial charge in [0.15, 0.2) is 11.5 Å². The average molecular weight is 282 g/mol. The van der Waals surface area contributed by atoms with Crippen LogP contribution in [0.4, 0.5) is 0 Å². The number of benzene rings is 2. The molecule has 4 nitrogen and oxygen atoms in total. The first-order valence-corrected chi connectivity index (χ1v) is 6.60. The van der Waals surface area contributed by atoms with Crippen LogP contribution >= 0.6 is 0 Å². The zero-order valence-electron chi connectivity index (χ0n) is 11.9. The predicted octanol–water partition coefficient (Wildman–Crippen LogP) is 3.08. The van der Waals surface area contributed by atoms with E-state index in [1.165, 1.54) is 0 Å². The SMILES string of the molecule is COc1cccc(C=NN)c1OCC=Cc1ccccc1. The van der Waals surface area contributed by atoms with Gasteiger partial charge in [0.25, 0.3) is 0 Å². The molecule has 0 aliphatic heterocycles. The van der Waals surface area contributed by atoms with Crippen LogP contribution in [0, 0.1) is 0 Å². The fourth-order valence-electron chi connectivity index (χ4n) is 1.91. The van der Waals surface area contributed by atoms with E-state index >= 15 is 0 Å². The molecule has 0 aromatic heterocycles. The molecule has 0 saturated carbocycles. The second kappa shape index (κ2) is 7.75. The summed E-state index contributed by atoms with van der Waals surface area (Å²) in [6, 6.07) is 15.6. The van der Waals surface area contributed by atoms with Gasteiger partial charge < -0.3 is 15.3 Å². The molecule has 0 radical (unpaired) electrons. The molecule has 0 unspecified atom stereocenters. The van der Waals surface area contributed by atoms with Gasteiger partial charge >= 0.3 is 0 Å². The highest BCUT2D eigenvalue weighted by molar-refractivity contribution is 5.84. The molecule has 0 amide bonds. The quantitative estimate of drug-likeness (QED) is 0.503. The normalized spacial score (nSPS) is 11.1. The summed E-state index contributed by atoms with van der Waals surface area (Å²) >= 11 is 0. The minimum Gasteiger partial charge on any atom is -0.493 e. The molecule has 2 N–H and O–H groups in total. The van der Waals surface area contributed by atoms with Gasteiger partial charge in [0.2, 0.25) is 0 Å². The largest absolute Gasteiger partial charge is 0.493 e. The summed E-state index contributed by atoms with van der Waals surface area (Å²) in [5, 5.41) is 3.54. The Morgan fingerprint density at radius 1 is 1.10 bits per heavy atom. The topological polar surface area (TPSA) is 56.8 Å². The maximum absolute atomic E-state index is 5.77. The molecule has 0 aliphatic carbocycles. The lowest BCUT2D eigenvalue weighted by Crippen LogP contribution is -2.00. The number of nitrogens with zero attached hydrogens (tertiary/aromatic N) is 1. The van der Waals surface area contributed by atoms with Crippen molar-refractivity contribution < 1.29 is 9.47 Å². The Bertz CT molecular complexity index is 622. The molecule has 0 saturated heterocycles. The lowest BCUT2D eigenvalue weighted by molar-refractivity contribution is 0.326. The molecule has 108 valence electrons. The van der Waals surface area contributed by atoms with Crippen molar-refractivity contribution in [3.63, 3.8) is 0 Å². The van der Waals surface area contributed by atoms with Gasteiger partial charge in [-0.15, -0.1) is 0 Å². The van der Waals surface area contributed by atoms with Crippen LogP contribution in [0.2, 0.25) is 0 Å². The van der Waals surface area contributed by atoms with E-state index in [1.807, 2.05) is 60.7 Å². The molecule has 2 aromatic rings. The van der Waals surface area contributed by atoms with E-state index in [4.69, 9.17) is 15.3 Å². The molecule has 2 aromatic carbocycles. The van der Waals surface area contributed by atoms with Gasteiger partial charge in [-0.1, -0.05) is 42.5 Å². The summed E-state index contributed by atoms with van der Waals surface area (Å²) in [5.74, 6) is 6.50. The first-order valence-electron chi connectivity index (χ1n) is 6.60. The molecule has 4 heteroatoms. The first-order chi connectivity index (χ1) is 10.3. The van der Waals surface area contributed by atoms with E-state index in [9.17, 15) is 0 Å². The summed E-state index contributed by atoms with van der Waals surface area (Å²) < 4.78 is 11.1. The van der Waals surface area contributed by atoms with Crippen LogP contribution in [-0.4, -0.2) is 19.9 Å². The van der Waals surface area contributed by atoms with Crippen LogP contribution in [0.25, 0.3) is 6.08 Å². The summed E-state index contributed by atoms with van der Waals surface area (Å²) in [6.07, 6.45) is 5.50. The lowest BCUT2D eigenvalue weighted by atomic mass is 10.2. The highest BCUT2D eigenvalue weighted by atomic mass is 16.5. The van der Waals surface area contributed by atoms with Crippen molar-refractivity contribution in [2.24, 2.45) is 10.9 Å². The maximum Gasteiger partial charge on any atom is 0.170 e. The van der Waals surface area contributed by atoms with Crippen molar-refractivity contribution in [2.75, 3.05) is 13.7 Å². The second-order valence-electron chi connectivity index (χ2n) is 4.28. The number of methoxy groups -OCH3 is 1. The minimum atomic E-state index is 0.431. The second-order valence-corrected chi connectivity index (χ2v) is 4.28. The van der Waals surface area contributed by atoms with Crippen molar-refractivity contribution in [3.8, 4) is 11.5 Å². The van der Waals surface area contributed by atoms with Gasteiger partial charge in [-0.3, -0.25) is 0 Å². The molecule has 0 atom stereocenters. The number of hydrazone groups is 1. The van der Waals surface area contributed by atoms with Gasteiger partial charge in [0.1, 0.15) is 6.61 Å². The molecule has 0 bridgehead atoms. The fourth-order valence-corrected chi connectivity index (χ4v) is 1.91. The Labute approximate surface area is 124 Å². The van der Waals surface area contributed by atoms with E-state index in [2.05, 4.69) is 5.10 Å². The molecule has 0 heterocycles. The Morgan fingerprint density at radius 3 is 2.62 bits per heavy atom. The van der Waals surface area contributed by atoms with Gasteiger partial charge in [-0.25, -0.2) is 0 Å². The number of nitrogens with two attached hydrogens (primary N) is 1. The number of hydrogen-bond donors (Lipinski definition) is 1. The first kappa shape index (κ1) is 14.7. The van der Waals surface area contributed by atoms with Crippen molar-refractivity contribution >= 4 is 12.3 Å². The minimum absolute atomic E-state index is 0.431. The predicted molar refractivity (Wildman–Crippen MR) is 85.7 cm³/mol. The van der Waals surface area contributed by atoms with Gasteiger partial charge in [0, 0.05) is 5.56 Å². The van der Waals surface area contributed by atoms with Crippen LogP contribution in [-0.2, 0) is 0 Å². The van der Waals surface area contributed by atoms with Gasteiger partial charge in [0.05, 0.1) is 13.3 Å². The molecular weight excluding hydrogens is 264 g/mol. The van der Waals surface area contributed by atoms with Crippen LogP contribution in [0.3, 0.4) is 0 Å². The highest BCUT2D eigenvalue weighted by Gasteiger charge is 2.08. The fraction of sp³-hybridized carbons (Fsp3) is 0.118. The summed E-state index contributed by atoms with van der Waals surface area (Å²) in [7, 11) is 1.60. The van der Waals surface area contributed by atoms with Crippen LogP contribution < -0.4 is 15.3 Å². The molecule has 21 heavy (non-hydrogen) atoms. The van der Waals surface area contributed by atoms with E-state index < -0.39 is 0 Å². The van der Waals surface area contributed by atoms with Crippen molar-refractivity contribution in [3.05, 3.63) is 65.7 Å². The van der Waals surface area contributed by atoms with E-state index in [-0.39, 0.29) is 0 Å². The Balaban J connectivity index is 2.07. The zero-order valence-corrected chi connectivity index (χ0v) is 11.9. The van der Waals surface area contributed by atoms with E-state index in [0.29, 0.717) is 18.1 Å². The third-order valence-electron chi connectivity index (χ3n) is 2.88. The van der Waals surface area contributed by atoms with Crippen molar-refractivity contribution in [1.29, 1.82) is 0 Å². The number of para-hydroxylation sites is 1. The Hall–Kier alpha value is -2.75. The summed E-state index contributed by atoms with van der Waals surface area (Å²) in [6.45, 7) is 0.431. The van der Waals surface area contributed by atoms with Gasteiger partial charge in [-0.2, -0.15) is 5.10 Å². The zero-order chi connectivity index (χ0) is 14.9. The summed E-state index contributed by atoms with van der Waals surface area (Å²) in [4.78, 5) is 0. The summed E-state index contributed by atoms with van der Waals surface area (Å²) in [5.41, 5.74) is 1.91. The Morgan fingerprint density at radius 2 is 1.90 bits per heavy atom. The standard InChI is InChI=1S/C17H18N2O2/c1-20-16-11-5-10-15(13-19-18)17(16)21-12-6-9-14-7-3-2-4-8-14/h2-11,13H,12,18H2,1H3. The highest BCUT2D eigenvalue weighted by Crippen LogP contribution is 2.30. The average Bonchev–Trinajstić information content (AvgIpc) is 2.53. The third-order valence-corrected chi connectivity index (χ3v) is 2.88. The molecule has 0 spiro atoms. The molecule has 2 rings (SSSR count). The maximum atomic E-state index is 5.77. The molecular formula is C17H18N2O2. The van der Waals surface area contributed by atoms with E-state index in [1.54, 1.807) is 13.3 Å². The number of ether oxygens (including phenoxy) is 2. The lowest BCUT2D eigenvalue weighted by Gasteiger charge is -2.11. The number of hydrogen-bond acceptors (Lipinski definition) is 4. The molecule has 0 aliphatic rings. The van der Waals surface area contributed by atoms with Gasteiger partial charge in [-0.05, 0) is 23.8 Å². The van der Waals surface area contributed by atoms with Crippen molar-refractivity contribution in [1.82, 2.24) is 0 Å². The van der Waals surface area contributed by atoms with Crippen LogP contribution in [0.15, 0.2) is 59.7 Å². The number of rotatable bonds is 6. The van der Waals surface area contributed by atoms with Crippen LogP contribution in [0.1, 0.15) is 11.1 Å². The Kier molecular flexibility index (Phi) is 5.41. The molecule has 0 fully saturated rings. The third kappa shape index (κ3) is 4.11.